The molecule has 1 heterocycles. The van der Waals surface area contributed by atoms with E-state index in [1.54, 1.807) is 30.3 Å². The maximum Gasteiger partial charge on any atom is 0.413 e. The first-order chi connectivity index (χ1) is 9.99. The number of amides is 1. The molecule has 0 unspecified atom stereocenters. The number of nitrogens with one attached hydrogen (secondary N) is 1. The molecule has 0 saturated heterocycles. The van der Waals surface area contributed by atoms with Crippen molar-refractivity contribution in [1.82, 2.24) is 4.98 Å². The fourth-order valence-corrected chi connectivity index (χ4v) is 1.56. The van der Waals surface area contributed by atoms with Crippen LogP contribution in [0.2, 0.25) is 0 Å². The molecule has 0 aliphatic carbocycles. The van der Waals surface area contributed by atoms with Gasteiger partial charge in [-0.25, -0.2) is 13.6 Å². The summed E-state index contributed by atoms with van der Waals surface area (Å²) in [6.07, 6.45) is -1.02. The second-order valence-corrected chi connectivity index (χ2v) is 4.19. The number of nitrogens with zero attached hydrogens (tertiary/aromatic N) is 1. The maximum absolute atomic E-state index is 13.6. The van der Waals surface area contributed by atoms with Crippen molar-refractivity contribution in [2.75, 3.05) is 5.32 Å². The van der Waals surface area contributed by atoms with Gasteiger partial charge in [0, 0.05) is 5.56 Å². The average Bonchev–Trinajstić information content (AvgIpc) is 2.49. The van der Waals surface area contributed by atoms with Crippen LogP contribution in [0.4, 0.5) is 23.8 Å². The molecule has 0 bridgehead atoms. The lowest BCUT2D eigenvalue weighted by Gasteiger charge is -2.09. The average molecular weight is 296 g/mol. The third kappa shape index (κ3) is 3.50. The first-order valence-corrected chi connectivity index (χ1v) is 5.98. The van der Waals surface area contributed by atoms with Crippen LogP contribution in [0.25, 0.3) is 0 Å². The van der Waals surface area contributed by atoms with E-state index in [0.29, 0.717) is 0 Å². The van der Waals surface area contributed by atoms with Gasteiger partial charge in [-0.3, -0.25) is 5.32 Å². The Labute approximate surface area is 118 Å². The number of halogens is 3. The van der Waals surface area contributed by atoms with E-state index in [0.717, 1.165) is 12.5 Å². The van der Waals surface area contributed by atoms with Crippen LogP contribution in [0, 0.1) is 24.5 Å². The van der Waals surface area contributed by atoms with E-state index in [4.69, 9.17) is 4.74 Å². The molecular formula is C14H11F3N2O2. The van der Waals surface area contributed by atoms with Crippen LogP contribution in [0.3, 0.4) is 0 Å². The Morgan fingerprint density at radius 2 is 1.86 bits per heavy atom. The quantitative estimate of drug-likeness (QED) is 0.881. The zero-order chi connectivity index (χ0) is 15.4. The van der Waals surface area contributed by atoms with E-state index in [9.17, 15) is 18.0 Å². The van der Waals surface area contributed by atoms with Crippen molar-refractivity contribution < 1.29 is 22.7 Å². The summed E-state index contributed by atoms with van der Waals surface area (Å²) >= 11 is 0. The topological polar surface area (TPSA) is 51.2 Å². The Bertz CT molecular complexity index is 663. The molecule has 4 nitrogen and oxygen atoms in total. The first-order valence-electron chi connectivity index (χ1n) is 5.98. The summed E-state index contributed by atoms with van der Waals surface area (Å²) in [4.78, 5) is 14.5. The number of aromatic nitrogens is 1. The fraction of sp³-hybridized carbons (Fsp3) is 0.143. The van der Waals surface area contributed by atoms with Gasteiger partial charge in [0.2, 0.25) is 0 Å². The predicted molar refractivity (Wildman–Crippen MR) is 69.1 cm³/mol. The highest BCUT2D eigenvalue weighted by molar-refractivity contribution is 5.83. The predicted octanol–water partition coefficient (Wildman–Crippen LogP) is 3.56. The first kappa shape index (κ1) is 14.8. The lowest BCUT2D eigenvalue weighted by atomic mass is 10.2. The lowest BCUT2D eigenvalue weighted by Crippen LogP contribution is -2.17. The van der Waals surface area contributed by atoms with Crippen molar-refractivity contribution in [2.45, 2.75) is 13.5 Å². The smallest absolute Gasteiger partial charge is 0.413 e. The molecule has 1 aromatic heterocycles. The van der Waals surface area contributed by atoms with Gasteiger partial charge in [-0.05, 0) is 12.5 Å². The zero-order valence-corrected chi connectivity index (χ0v) is 11.0. The minimum atomic E-state index is -1.49. The molecule has 1 N–H and O–H groups in total. The molecule has 2 aromatic rings. The van der Waals surface area contributed by atoms with Gasteiger partial charge in [0.1, 0.15) is 6.61 Å². The highest BCUT2D eigenvalue weighted by atomic mass is 19.2. The van der Waals surface area contributed by atoms with Crippen molar-refractivity contribution >= 4 is 11.9 Å². The van der Waals surface area contributed by atoms with Crippen LogP contribution < -0.4 is 5.32 Å². The van der Waals surface area contributed by atoms with E-state index in [-0.39, 0.29) is 6.61 Å². The number of hydrogen-bond acceptors (Lipinski definition) is 3. The molecule has 0 fully saturated rings. The lowest BCUT2D eigenvalue weighted by molar-refractivity contribution is 0.155. The van der Waals surface area contributed by atoms with E-state index < -0.39 is 35.1 Å². The Morgan fingerprint density at radius 1 is 1.19 bits per heavy atom. The highest BCUT2D eigenvalue weighted by Crippen LogP contribution is 2.20. The standard InChI is InChI=1S/C14H11F3N2O2/c1-8-10(15)12(17)18-13(11(8)16)19-14(20)21-7-9-5-3-2-4-6-9/h2-6H,7H2,1H3,(H,18,19,20). The molecule has 1 aromatic carbocycles. The molecule has 0 atom stereocenters. The summed E-state index contributed by atoms with van der Waals surface area (Å²) in [5, 5.41) is 1.94. The van der Waals surface area contributed by atoms with Crippen LogP contribution in [0.15, 0.2) is 30.3 Å². The minimum absolute atomic E-state index is 0.0447. The molecule has 0 radical (unpaired) electrons. The van der Waals surface area contributed by atoms with E-state index in [2.05, 4.69) is 4.98 Å². The molecule has 0 aliphatic rings. The molecule has 0 aliphatic heterocycles. The van der Waals surface area contributed by atoms with Gasteiger partial charge in [0.25, 0.3) is 5.95 Å². The molecule has 2 rings (SSSR count). The largest absolute Gasteiger partial charge is 0.444 e. The van der Waals surface area contributed by atoms with Crippen molar-refractivity contribution in [3.63, 3.8) is 0 Å². The third-order valence-electron chi connectivity index (χ3n) is 2.69. The van der Waals surface area contributed by atoms with E-state index in [1.165, 1.54) is 0 Å². The van der Waals surface area contributed by atoms with E-state index >= 15 is 0 Å². The number of carbonyl (C=O) groups excluding carboxylic acids is 1. The van der Waals surface area contributed by atoms with Crippen LogP contribution >= 0.6 is 0 Å². The number of anilines is 1. The SMILES string of the molecule is Cc1c(F)c(F)nc(NC(=O)OCc2ccccc2)c1F. The molecule has 0 spiro atoms. The number of benzene rings is 1. The van der Waals surface area contributed by atoms with Crippen LogP contribution in [0.1, 0.15) is 11.1 Å². The van der Waals surface area contributed by atoms with E-state index in [1.807, 2.05) is 5.32 Å². The highest BCUT2D eigenvalue weighted by Gasteiger charge is 2.19. The van der Waals surface area contributed by atoms with Gasteiger partial charge in [0.15, 0.2) is 17.5 Å². The number of rotatable bonds is 3. The van der Waals surface area contributed by atoms with Gasteiger partial charge >= 0.3 is 6.09 Å². The molecule has 0 saturated carbocycles. The second kappa shape index (κ2) is 6.25. The maximum atomic E-state index is 13.6. The van der Waals surface area contributed by atoms with Gasteiger partial charge in [-0.15, -0.1) is 0 Å². The molecule has 7 heteroatoms. The van der Waals surface area contributed by atoms with Crippen molar-refractivity contribution in [3.05, 3.63) is 59.0 Å². The van der Waals surface area contributed by atoms with Crippen molar-refractivity contribution in [2.24, 2.45) is 0 Å². The zero-order valence-electron chi connectivity index (χ0n) is 11.0. The van der Waals surface area contributed by atoms with Crippen LogP contribution in [-0.4, -0.2) is 11.1 Å². The Hall–Kier alpha value is -2.57. The van der Waals surface area contributed by atoms with Gasteiger partial charge in [-0.1, -0.05) is 30.3 Å². The van der Waals surface area contributed by atoms with Crippen molar-refractivity contribution in [1.29, 1.82) is 0 Å². The molecular weight excluding hydrogens is 285 g/mol. The number of carbonyl (C=O) groups is 1. The Kier molecular flexibility index (Phi) is 4.42. The summed E-state index contributed by atoms with van der Waals surface area (Å²) in [5.74, 6) is -4.75. The number of hydrogen-bond donors (Lipinski definition) is 1. The van der Waals surface area contributed by atoms with Gasteiger partial charge < -0.3 is 4.74 Å². The molecule has 110 valence electrons. The fourth-order valence-electron chi connectivity index (χ4n) is 1.56. The van der Waals surface area contributed by atoms with Gasteiger partial charge in [0.05, 0.1) is 0 Å². The summed E-state index contributed by atoms with van der Waals surface area (Å²) in [5.41, 5.74) is 0.156. The Balaban J connectivity index is 2.03. The van der Waals surface area contributed by atoms with Gasteiger partial charge in [-0.2, -0.15) is 9.37 Å². The van der Waals surface area contributed by atoms with Crippen LogP contribution in [-0.2, 0) is 11.3 Å². The molecule has 21 heavy (non-hydrogen) atoms. The molecule has 1 amide bonds. The number of pyridine rings is 1. The Morgan fingerprint density at radius 3 is 2.52 bits per heavy atom. The summed E-state index contributed by atoms with van der Waals surface area (Å²) in [6, 6.07) is 8.78. The summed E-state index contributed by atoms with van der Waals surface area (Å²) in [7, 11) is 0. The second-order valence-electron chi connectivity index (χ2n) is 4.19. The number of ether oxygens (including phenoxy) is 1. The monoisotopic (exact) mass is 296 g/mol. The summed E-state index contributed by atoms with van der Waals surface area (Å²) < 4.78 is 44.6. The van der Waals surface area contributed by atoms with Crippen molar-refractivity contribution in [3.8, 4) is 0 Å². The summed E-state index contributed by atoms with van der Waals surface area (Å²) in [6.45, 7) is 0.993. The minimum Gasteiger partial charge on any atom is -0.444 e. The third-order valence-corrected chi connectivity index (χ3v) is 2.69. The van der Waals surface area contributed by atoms with Crippen LogP contribution in [0.5, 0.6) is 0 Å². The normalized spacial score (nSPS) is 10.3.